The number of hydrogen-bond donors (Lipinski definition) is 0. The van der Waals surface area contributed by atoms with Gasteiger partial charge in [0.2, 0.25) is 0 Å². The molecule has 2 unspecified atom stereocenters. The van der Waals surface area contributed by atoms with E-state index in [-0.39, 0.29) is 0 Å². The molecule has 0 aromatic carbocycles. The van der Waals surface area contributed by atoms with Gasteiger partial charge in [-0.3, -0.25) is 0 Å². The van der Waals surface area contributed by atoms with Crippen LogP contribution in [0.3, 0.4) is 0 Å². The molecule has 0 saturated heterocycles. The molecule has 0 heteroatoms. The van der Waals surface area contributed by atoms with Gasteiger partial charge in [0.05, 0.1) is 0 Å². The van der Waals surface area contributed by atoms with Crippen molar-refractivity contribution in [2.24, 2.45) is 28.6 Å². The monoisotopic (exact) mass is 270 g/mol. The zero-order valence-corrected chi connectivity index (χ0v) is 13.5. The van der Waals surface area contributed by atoms with Gasteiger partial charge in [-0.05, 0) is 68.1 Å². The number of allylic oxidation sites excluding steroid dienone is 4. The van der Waals surface area contributed by atoms with Gasteiger partial charge in [0.1, 0.15) is 0 Å². The van der Waals surface area contributed by atoms with Crippen molar-refractivity contribution < 1.29 is 0 Å². The Morgan fingerprint density at radius 2 is 2.00 bits per heavy atom. The van der Waals surface area contributed by atoms with Gasteiger partial charge in [-0.15, -0.1) is 0 Å². The maximum Gasteiger partial charge on any atom is 0.00939 e. The highest BCUT2D eigenvalue weighted by molar-refractivity contribution is 5.38. The number of fused-ring (bicyclic) bond motifs is 4. The normalized spacial score (nSPS) is 50.6. The van der Waals surface area contributed by atoms with Crippen LogP contribution in [0.5, 0.6) is 0 Å². The lowest BCUT2D eigenvalue weighted by molar-refractivity contribution is 0.136. The highest BCUT2D eigenvalue weighted by Crippen LogP contribution is 2.63. The average Bonchev–Trinajstić information content (AvgIpc) is 2.81. The van der Waals surface area contributed by atoms with E-state index in [2.05, 4.69) is 32.9 Å². The summed E-state index contributed by atoms with van der Waals surface area (Å²) >= 11 is 0. The van der Waals surface area contributed by atoms with Crippen LogP contribution in [-0.4, -0.2) is 0 Å². The lowest BCUT2D eigenvalue weighted by Gasteiger charge is -2.53. The van der Waals surface area contributed by atoms with Crippen LogP contribution in [0, 0.1) is 28.6 Å². The van der Waals surface area contributed by atoms with E-state index in [0.717, 1.165) is 17.8 Å². The van der Waals surface area contributed by atoms with Crippen LogP contribution in [0.1, 0.15) is 72.1 Å². The first-order valence-electron chi connectivity index (χ1n) is 8.96. The molecule has 20 heavy (non-hydrogen) atoms. The van der Waals surface area contributed by atoms with Crippen LogP contribution in [0.4, 0.5) is 0 Å². The summed E-state index contributed by atoms with van der Waals surface area (Å²) in [5, 5.41) is 0. The fourth-order valence-corrected chi connectivity index (χ4v) is 6.37. The molecule has 110 valence electrons. The van der Waals surface area contributed by atoms with Crippen LogP contribution in [0.25, 0.3) is 0 Å². The molecule has 0 spiro atoms. The number of rotatable bonds is 0. The van der Waals surface area contributed by atoms with Crippen molar-refractivity contribution >= 4 is 0 Å². The third-order valence-electron chi connectivity index (χ3n) is 7.57. The van der Waals surface area contributed by atoms with E-state index in [9.17, 15) is 0 Å². The molecule has 4 aliphatic rings. The Morgan fingerprint density at radius 1 is 1.15 bits per heavy atom. The summed E-state index contributed by atoms with van der Waals surface area (Å²) in [6.45, 7) is 7.69. The van der Waals surface area contributed by atoms with E-state index < -0.39 is 0 Å². The van der Waals surface area contributed by atoms with Crippen molar-refractivity contribution in [1.82, 2.24) is 0 Å². The Kier molecular flexibility index (Phi) is 2.79. The average molecular weight is 270 g/mol. The van der Waals surface area contributed by atoms with E-state index in [1.165, 1.54) is 51.4 Å². The summed E-state index contributed by atoms with van der Waals surface area (Å²) in [6, 6.07) is 0. The third kappa shape index (κ3) is 1.60. The highest BCUT2D eigenvalue weighted by Gasteiger charge is 2.52. The van der Waals surface area contributed by atoms with Crippen molar-refractivity contribution in [2.75, 3.05) is 0 Å². The molecule has 0 radical (unpaired) electrons. The second kappa shape index (κ2) is 4.24. The standard InChI is InChI=1S/C20H30/c1-14-13-15-7-4-5-11-20(15,3)17-9-12-19(2)10-6-8-16(19)18(14)17/h5,11,14-16H,4,6-10,12-13H2,1-3H3/t14?,15?,16-,19-,20-/m0/s1. The fraction of sp³-hybridized carbons (Fsp3) is 0.800. The molecule has 1 saturated carbocycles. The van der Waals surface area contributed by atoms with Gasteiger partial charge in [0, 0.05) is 5.41 Å². The first kappa shape index (κ1) is 13.2. The summed E-state index contributed by atoms with van der Waals surface area (Å²) in [5.41, 5.74) is 4.89. The Morgan fingerprint density at radius 3 is 2.85 bits per heavy atom. The molecule has 0 amide bonds. The minimum Gasteiger partial charge on any atom is -0.0876 e. The summed E-state index contributed by atoms with van der Waals surface area (Å²) < 4.78 is 0. The molecule has 4 aliphatic carbocycles. The number of hydrogen-bond acceptors (Lipinski definition) is 0. The molecule has 0 N–H and O–H groups in total. The first-order valence-corrected chi connectivity index (χ1v) is 8.96. The maximum absolute atomic E-state index is 2.60. The molecule has 1 fully saturated rings. The van der Waals surface area contributed by atoms with E-state index >= 15 is 0 Å². The SMILES string of the molecule is CC1CC2CCC=C[C@]2(C)C2=C1[C@@H]1CCC[C@@]1(C)CC2. The van der Waals surface area contributed by atoms with Crippen molar-refractivity contribution in [2.45, 2.75) is 72.1 Å². The van der Waals surface area contributed by atoms with Gasteiger partial charge in [-0.25, -0.2) is 0 Å². The van der Waals surface area contributed by atoms with Crippen LogP contribution in [-0.2, 0) is 0 Å². The summed E-state index contributed by atoms with van der Waals surface area (Å²) in [4.78, 5) is 0. The Hall–Kier alpha value is -0.520. The van der Waals surface area contributed by atoms with Gasteiger partial charge < -0.3 is 0 Å². The van der Waals surface area contributed by atoms with Gasteiger partial charge >= 0.3 is 0 Å². The zero-order valence-electron chi connectivity index (χ0n) is 13.5. The molecule has 0 bridgehead atoms. The Balaban J connectivity index is 1.85. The zero-order chi connectivity index (χ0) is 14.0. The van der Waals surface area contributed by atoms with Gasteiger partial charge in [-0.2, -0.15) is 0 Å². The lowest BCUT2D eigenvalue weighted by atomic mass is 9.51. The summed E-state index contributed by atoms with van der Waals surface area (Å²) in [7, 11) is 0. The molecule has 0 heterocycles. The van der Waals surface area contributed by atoms with E-state index in [1.807, 2.05) is 11.1 Å². The van der Waals surface area contributed by atoms with Gasteiger partial charge in [0.25, 0.3) is 0 Å². The molecular formula is C20H30. The summed E-state index contributed by atoms with van der Waals surface area (Å²) in [5.74, 6) is 2.71. The summed E-state index contributed by atoms with van der Waals surface area (Å²) in [6.07, 6.45) is 16.5. The van der Waals surface area contributed by atoms with E-state index in [1.54, 1.807) is 0 Å². The maximum atomic E-state index is 2.60. The molecule has 5 atom stereocenters. The predicted octanol–water partition coefficient (Wildman–Crippen LogP) is 5.90. The largest absolute Gasteiger partial charge is 0.0876 e. The van der Waals surface area contributed by atoms with E-state index in [4.69, 9.17) is 0 Å². The molecule has 0 aliphatic heterocycles. The third-order valence-corrected chi connectivity index (χ3v) is 7.57. The molecule has 0 nitrogen and oxygen atoms in total. The van der Waals surface area contributed by atoms with E-state index in [0.29, 0.717) is 10.8 Å². The minimum absolute atomic E-state index is 0.421. The molecular weight excluding hydrogens is 240 g/mol. The second-order valence-corrected chi connectivity index (χ2v) is 8.63. The molecule has 4 rings (SSSR count). The fourth-order valence-electron chi connectivity index (χ4n) is 6.37. The Labute approximate surface area is 124 Å². The Bertz CT molecular complexity index is 482. The van der Waals surface area contributed by atoms with Crippen molar-refractivity contribution in [3.63, 3.8) is 0 Å². The van der Waals surface area contributed by atoms with Crippen LogP contribution >= 0.6 is 0 Å². The lowest BCUT2D eigenvalue weighted by Crippen LogP contribution is -2.42. The molecule has 0 aromatic rings. The quantitative estimate of drug-likeness (QED) is 0.481. The smallest absolute Gasteiger partial charge is 0.00939 e. The minimum atomic E-state index is 0.421. The van der Waals surface area contributed by atoms with Crippen molar-refractivity contribution in [1.29, 1.82) is 0 Å². The predicted molar refractivity (Wildman–Crippen MR) is 85.5 cm³/mol. The second-order valence-electron chi connectivity index (χ2n) is 8.63. The van der Waals surface area contributed by atoms with Gasteiger partial charge in [0.15, 0.2) is 0 Å². The van der Waals surface area contributed by atoms with Gasteiger partial charge in [-0.1, -0.05) is 50.5 Å². The molecule has 0 aromatic heterocycles. The van der Waals surface area contributed by atoms with Crippen LogP contribution in [0.15, 0.2) is 23.3 Å². The van der Waals surface area contributed by atoms with Crippen LogP contribution in [0.2, 0.25) is 0 Å². The first-order chi connectivity index (χ1) is 9.55. The topological polar surface area (TPSA) is 0 Å². The van der Waals surface area contributed by atoms with Crippen molar-refractivity contribution in [3.05, 3.63) is 23.3 Å². The van der Waals surface area contributed by atoms with Crippen LogP contribution < -0.4 is 0 Å². The highest BCUT2D eigenvalue weighted by atomic mass is 14.6. The van der Waals surface area contributed by atoms with Crippen molar-refractivity contribution in [3.8, 4) is 0 Å².